The largest absolute Gasteiger partial charge is 0.391 e. The molecule has 2 unspecified atom stereocenters. The van der Waals surface area contributed by atoms with Crippen molar-refractivity contribution < 1.29 is 18.3 Å². The fourth-order valence-electron chi connectivity index (χ4n) is 2.43. The van der Waals surface area contributed by atoms with E-state index in [-0.39, 0.29) is 16.4 Å². The van der Waals surface area contributed by atoms with Gasteiger partial charge in [-0.1, -0.05) is 15.9 Å². The summed E-state index contributed by atoms with van der Waals surface area (Å²) in [5.74, 6) is -0.461. The van der Waals surface area contributed by atoms with Crippen LogP contribution in [-0.4, -0.2) is 45.2 Å². The van der Waals surface area contributed by atoms with Crippen molar-refractivity contribution in [1.82, 2.24) is 10.6 Å². The molecule has 0 radical (unpaired) electrons. The summed E-state index contributed by atoms with van der Waals surface area (Å²) in [6.07, 6.45) is -0.496. The van der Waals surface area contributed by atoms with E-state index in [0.717, 1.165) is 0 Å². The highest BCUT2D eigenvalue weighted by Gasteiger charge is 2.26. The first-order valence-electron chi connectivity index (χ1n) is 6.70. The third-order valence-electron chi connectivity index (χ3n) is 3.70. The topological polar surface area (TPSA) is 122 Å². The number of halogens is 1. The number of amides is 1. The summed E-state index contributed by atoms with van der Waals surface area (Å²) in [5.41, 5.74) is 0.534. The summed E-state index contributed by atoms with van der Waals surface area (Å²) in [6.45, 7) is 2.98. The second kappa shape index (κ2) is 6.63. The number of hydrogen-bond acceptors (Lipinski definition) is 5. The van der Waals surface area contributed by atoms with E-state index in [2.05, 4.69) is 26.6 Å². The minimum Gasteiger partial charge on any atom is -0.391 e. The van der Waals surface area contributed by atoms with Crippen LogP contribution in [0.25, 0.3) is 0 Å². The van der Waals surface area contributed by atoms with Crippen LogP contribution in [0.1, 0.15) is 15.9 Å². The lowest BCUT2D eigenvalue weighted by atomic mass is 10.1. The molecule has 0 bridgehead atoms. The molecule has 1 aromatic carbocycles. The van der Waals surface area contributed by atoms with Crippen LogP contribution in [0.5, 0.6) is 0 Å². The van der Waals surface area contributed by atoms with Crippen LogP contribution >= 0.6 is 15.9 Å². The molecule has 1 aliphatic heterocycles. The molecule has 122 valence electrons. The Labute approximate surface area is 137 Å². The van der Waals surface area contributed by atoms with Crippen LogP contribution in [-0.2, 0) is 10.0 Å². The average molecular weight is 392 g/mol. The summed E-state index contributed by atoms with van der Waals surface area (Å²) < 4.78 is 23.6. The smallest absolute Gasteiger partial charge is 0.251 e. The molecule has 1 heterocycles. The standard InChI is InChI=1S/C13H18BrN3O4S/c1-7-10(2-9(14)3-12(7)22(15,20)21)13(19)17-5-8-4-16-6-11(8)18/h2-3,8,11,16,18H,4-6H2,1H3,(H,17,19)(H2,15,20,21). The zero-order valence-corrected chi connectivity index (χ0v) is 14.4. The van der Waals surface area contributed by atoms with Gasteiger partial charge in [-0.15, -0.1) is 0 Å². The predicted molar refractivity (Wildman–Crippen MR) is 85.0 cm³/mol. The van der Waals surface area contributed by atoms with Crippen molar-refractivity contribution >= 4 is 31.9 Å². The quantitative estimate of drug-likeness (QED) is 0.561. The maximum absolute atomic E-state index is 12.3. The number of carbonyl (C=O) groups excluding carboxylic acids is 1. The predicted octanol–water partition coefficient (Wildman–Crippen LogP) is -0.285. The van der Waals surface area contributed by atoms with Gasteiger partial charge in [0, 0.05) is 35.6 Å². The molecule has 0 aliphatic carbocycles. The van der Waals surface area contributed by atoms with Crippen molar-refractivity contribution in [3.63, 3.8) is 0 Å². The maximum Gasteiger partial charge on any atom is 0.251 e. The molecule has 2 atom stereocenters. The average Bonchev–Trinajstić information content (AvgIpc) is 2.82. The third kappa shape index (κ3) is 3.85. The molecule has 5 N–H and O–H groups in total. The molecule has 0 spiro atoms. The Morgan fingerprint density at radius 1 is 1.50 bits per heavy atom. The van der Waals surface area contributed by atoms with Crippen LogP contribution in [0.2, 0.25) is 0 Å². The van der Waals surface area contributed by atoms with Crippen LogP contribution in [0, 0.1) is 12.8 Å². The molecule has 7 nitrogen and oxygen atoms in total. The van der Waals surface area contributed by atoms with Gasteiger partial charge in [0.05, 0.1) is 11.0 Å². The summed E-state index contributed by atoms with van der Waals surface area (Å²) >= 11 is 3.18. The normalized spacial score (nSPS) is 21.8. The highest BCUT2D eigenvalue weighted by Crippen LogP contribution is 2.24. The van der Waals surface area contributed by atoms with Gasteiger partial charge in [-0.25, -0.2) is 13.6 Å². The Hall–Kier alpha value is -1.00. The van der Waals surface area contributed by atoms with E-state index < -0.39 is 22.0 Å². The van der Waals surface area contributed by atoms with Gasteiger partial charge in [0.1, 0.15) is 0 Å². The number of benzene rings is 1. The van der Waals surface area contributed by atoms with Crippen molar-refractivity contribution in [1.29, 1.82) is 0 Å². The van der Waals surface area contributed by atoms with Gasteiger partial charge in [-0.05, 0) is 24.6 Å². The number of sulfonamides is 1. The minimum absolute atomic E-state index is 0.0610. The monoisotopic (exact) mass is 391 g/mol. The van der Waals surface area contributed by atoms with E-state index in [4.69, 9.17) is 5.14 Å². The first kappa shape index (κ1) is 17.4. The van der Waals surface area contributed by atoms with Crippen molar-refractivity contribution in [2.24, 2.45) is 11.1 Å². The molecular weight excluding hydrogens is 374 g/mol. The lowest BCUT2D eigenvalue weighted by Crippen LogP contribution is -2.34. The summed E-state index contributed by atoms with van der Waals surface area (Å²) in [5, 5.41) is 20.6. The van der Waals surface area contributed by atoms with Crippen LogP contribution in [0.15, 0.2) is 21.5 Å². The Bertz CT molecular complexity index is 693. The number of carbonyl (C=O) groups is 1. The fourth-order valence-corrected chi connectivity index (χ4v) is 3.87. The number of aliphatic hydroxyl groups is 1. The molecule has 1 aliphatic rings. The number of primary sulfonamides is 1. The maximum atomic E-state index is 12.3. The Morgan fingerprint density at radius 2 is 2.18 bits per heavy atom. The van der Waals surface area contributed by atoms with Crippen molar-refractivity contribution in [2.45, 2.75) is 17.9 Å². The van der Waals surface area contributed by atoms with Gasteiger partial charge in [0.15, 0.2) is 0 Å². The van der Waals surface area contributed by atoms with E-state index in [0.29, 0.717) is 29.7 Å². The molecule has 1 amide bonds. The number of hydrogen-bond donors (Lipinski definition) is 4. The van der Waals surface area contributed by atoms with E-state index in [1.165, 1.54) is 13.0 Å². The number of nitrogens with one attached hydrogen (secondary N) is 2. The zero-order valence-electron chi connectivity index (χ0n) is 12.0. The molecule has 22 heavy (non-hydrogen) atoms. The van der Waals surface area contributed by atoms with Gasteiger partial charge in [-0.2, -0.15) is 0 Å². The Morgan fingerprint density at radius 3 is 2.73 bits per heavy atom. The Balaban J connectivity index is 2.21. The first-order valence-corrected chi connectivity index (χ1v) is 9.04. The fraction of sp³-hybridized carbons (Fsp3) is 0.462. The first-order chi connectivity index (χ1) is 10.2. The minimum atomic E-state index is -3.91. The molecule has 0 aromatic heterocycles. The SMILES string of the molecule is Cc1c(C(=O)NCC2CNCC2O)cc(Br)cc1S(N)(=O)=O. The van der Waals surface area contributed by atoms with E-state index in [1.54, 1.807) is 6.07 Å². The summed E-state index contributed by atoms with van der Waals surface area (Å²) in [4.78, 5) is 12.2. The van der Waals surface area contributed by atoms with Crippen molar-refractivity contribution in [3.05, 3.63) is 27.7 Å². The van der Waals surface area contributed by atoms with E-state index in [9.17, 15) is 18.3 Å². The number of rotatable bonds is 4. The van der Waals surface area contributed by atoms with Gasteiger partial charge in [0.2, 0.25) is 10.0 Å². The van der Waals surface area contributed by atoms with Crippen molar-refractivity contribution in [2.75, 3.05) is 19.6 Å². The second-order valence-corrected chi connectivity index (χ2v) is 7.76. The van der Waals surface area contributed by atoms with Gasteiger partial charge in [0.25, 0.3) is 5.91 Å². The van der Waals surface area contributed by atoms with E-state index in [1.807, 2.05) is 0 Å². The number of β-amino-alcohol motifs (C(OH)–C–C–N with tert-alkyl or cyclic N) is 1. The summed E-state index contributed by atoms with van der Waals surface area (Å²) in [7, 11) is -3.91. The van der Waals surface area contributed by atoms with E-state index >= 15 is 0 Å². The molecular formula is C13H18BrN3O4S. The molecule has 9 heteroatoms. The second-order valence-electron chi connectivity index (χ2n) is 5.32. The van der Waals surface area contributed by atoms with Crippen LogP contribution in [0.3, 0.4) is 0 Å². The molecule has 0 saturated carbocycles. The van der Waals surface area contributed by atoms with Gasteiger partial charge in [-0.3, -0.25) is 4.79 Å². The highest BCUT2D eigenvalue weighted by molar-refractivity contribution is 9.10. The number of nitrogens with two attached hydrogens (primary N) is 1. The molecule has 1 aromatic rings. The Kier molecular flexibility index (Phi) is 5.23. The third-order valence-corrected chi connectivity index (χ3v) is 5.20. The lowest BCUT2D eigenvalue weighted by molar-refractivity contribution is 0.0926. The summed E-state index contributed by atoms with van der Waals surface area (Å²) in [6, 6.07) is 2.91. The van der Waals surface area contributed by atoms with Gasteiger partial charge >= 0.3 is 0 Å². The highest BCUT2D eigenvalue weighted by atomic mass is 79.9. The molecule has 1 fully saturated rings. The van der Waals surface area contributed by atoms with Gasteiger partial charge < -0.3 is 15.7 Å². The molecule has 2 rings (SSSR count). The van der Waals surface area contributed by atoms with Crippen LogP contribution in [0.4, 0.5) is 0 Å². The van der Waals surface area contributed by atoms with Crippen LogP contribution < -0.4 is 15.8 Å². The zero-order chi connectivity index (χ0) is 16.5. The van der Waals surface area contributed by atoms with Crippen molar-refractivity contribution in [3.8, 4) is 0 Å². The number of aliphatic hydroxyl groups excluding tert-OH is 1. The molecule has 1 saturated heterocycles. The lowest BCUT2D eigenvalue weighted by Gasteiger charge is -2.16.